The molecule has 2 aromatic heterocycles. The Balaban J connectivity index is 2.46. The van der Waals surface area contributed by atoms with Gasteiger partial charge in [-0.2, -0.15) is 0 Å². The first-order valence-electron chi connectivity index (χ1n) is 3.04. The van der Waals surface area contributed by atoms with Crippen LogP contribution in [-0.4, -0.2) is 15.0 Å². The molecule has 0 saturated carbocycles. The minimum Gasteiger partial charge on any atom is -0.443 e. The van der Waals surface area contributed by atoms with Crippen molar-refractivity contribution in [2.75, 3.05) is 0 Å². The molecule has 0 bridgehead atoms. The zero-order chi connectivity index (χ0) is 7.52. The summed E-state index contributed by atoms with van der Waals surface area (Å²) in [6.07, 6.45) is 8.65. The monoisotopic (exact) mass is 146 g/mol. The Bertz CT molecular complexity index is 317. The summed E-state index contributed by atoms with van der Waals surface area (Å²) in [5.41, 5.74) is 0.807. The van der Waals surface area contributed by atoms with Gasteiger partial charge in [-0.25, -0.2) is 15.0 Å². The molecule has 0 N–H and O–H groups in total. The van der Waals surface area contributed by atoms with Crippen LogP contribution in [0, 0.1) is 6.33 Å². The van der Waals surface area contributed by atoms with Crippen LogP contribution in [-0.2, 0) is 0 Å². The molecule has 0 fully saturated rings. The molecule has 0 aromatic carbocycles. The lowest BCUT2D eigenvalue weighted by Gasteiger charge is -1.89. The minimum absolute atomic E-state index is 0.666. The standard InChI is InChI=1S/C7H4N3O/c1-6(2-9-4-8-1)7-3-10-5-11-7/h1-3,5H. The van der Waals surface area contributed by atoms with Crippen molar-refractivity contribution in [3.8, 4) is 11.3 Å². The highest BCUT2D eigenvalue weighted by molar-refractivity contribution is 5.52. The third kappa shape index (κ3) is 1.10. The molecule has 0 saturated heterocycles. The fourth-order valence-electron chi connectivity index (χ4n) is 0.749. The van der Waals surface area contributed by atoms with Gasteiger partial charge in [0.15, 0.2) is 18.5 Å². The Kier molecular flexibility index (Phi) is 1.37. The highest BCUT2D eigenvalue weighted by atomic mass is 16.3. The summed E-state index contributed by atoms with van der Waals surface area (Å²) < 4.78 is 5.01. The van der Waals surface area contributed by atoms with E-state index in [4.69, 9.17) is 4.42 Å². The summed E-state index contributed by atoms with van der Waals surface area (Å²) in [4.78, 5) is 11.2. The molecular formula is C7H4N3O. The molecule has 2 rings (SSSR count). The topological polar surface area (TPSA) is 51.8 Å². The van der Waals surface area contributed by atoms with E-state index in [9.17, 15) is 0 Å². The molecule has 2 heterocycles. The molecule has 53 valence electrons. The van der Waals surface area contributed by atoms with Gasteiger partial charge in [0.05, 0.1) is 11.8 Å². The van der Waals surface area contributed by atoms with E-state index in [1.54, 1.807) is 18.6 Å². The van der Waals surface area contributed by atoms with Gasteiger partial charge in [-0.3, -0.25) is 0 Å². The lowest BCUT2D eigenvalue weighted by atomic mass is 10.3. The first-order chi connectivity index (χ1) is 5.47. The Morgan fingerprint density at radius 2 is 2.00 bits per heavy atom. The zero-order valence-corrected chi connectivity index (χ0v) is 5.56. The average molecular weight is 146 g/mol. The van der Waals surface area contributed by atoms with Gasteiger partial charge in [-0.1, -0.05) is 0 Å². The van der Waals surface area contributed by atoms with Gasteiger partial charge in [0, 0.05) is 12.4 Å². The number of hydrogen-bond acceptors (Lipinski definition) is 4. The summed E-state index contributed by atoms with van der Waals surface area (Å²) in [7, 11) is 0. The summed E-state index contributed by atoms with van der Waals surface area (Å²) >= 11 is 0. The maximum absolute atomic E-state index is 5.01. The van der Waals surface area contributed by atoms with Gasteiger partial charge < -0.3 is 4.42 Å². The second-order valence-corrected chi connectivity index (χ2v) is 1.94. The second kappa shape index (κ2) is 2.49. The zero-order valence-electron chi connectivity index (χ0n) is 5.56. The molecule has 2 aromatic rings. The molecule has 0 aliphatic rings. The van der Waals surface area contributed by atoms with E-state index in [1.165, 1.54) is 6.39 Å². The van der Waals surface area contributed by atoms with E-state index in [0.717, 1.165) is 5.56 Å². The molecule has 0 unspecified atom stereocenters. The van der Waals surface area contributed by atoms with E-state index in [2.05, 4.69) is 21.3 Å². The molecule has 1 radical (unpaired) electrons. The summed E-state index contributed by atoms with van der Waals surface area (Å²) in [5.74, 6) is 0.666. The van der Waals surface area contributed by atoms with Crippen LogP contribution in [0.1, 0.15) is 0 Å². The SMILES string of the molecule is [c]1ncc(-c2cnco2)cn1. The normalized spacial score (nSPS) is 9.82. The molecule has 11 heavy (non-hydrogen) atoms. The van der Waals surface area contributed by atoms with E-state index < -0.39 is 0 Å². The number of oxazole rings is 1. The van der Waals surface area contributed by atoms with Gasteiger partial charge >= 0.3 is 0 Å². The van der Waals surface area contributed by atoms with Crippen LogP contribution >= 0.6 is 0 Å². The first kappa shape index (κ1) is 6.03. The molecule has 0 aliphatic carbocycles. The Hall–Kier alpha value is -1.71. The summed E-state index contributed by atoms with van der Waals surface area (Å²) in [6, 6.07) is 0. The van der Waals surface area contributed by atoms with Crippen molar-refractivity contribution in [3.05, 3.63) is 31.3 Å². The highest BCUT2D eigenvalue weighted by Gasteiger charge is 1.99. The van der Waals surface area contributed by atoms with Gasteiger partial charge in [-0.15, -0.1) is 0 Å². The molecule has 0 aliphatic heterocycles. The van der Waals surface area contributed by atoms with Gasteiger partial charge in [0.2, 0.25) is 0 Å². The molecular weight excluding hydrogens is 142 g/mol. The van der Waals surface area contributed by atoms with Crippen LogP contribution in [0.4, 0.5) is 0 Å². The predicted molar refractivity (Wildman–Crippen MR) is 36.4 cm³/mol. The second-order valence-electron chi connectivity index (χ2n) is 1.94. The smallest absolute Gasteiger partial charge is 0.197 e. The van der Waals surface area contributed by atoms with E-state index >= 15 is 0 Å². The Labute approximate surface area is 62.9 Å². The highest BCUT2D eigenvalue weighted by Crippen LogP contribution is 2.14. The van der Waals surface area contributed by atoms with Crippen LogP contribution in [0.2, 0.25) is 0 Å². The third-order valence-corrected chi connectivity index (χ3v) is 1.24. The molecule has 4 nitrogen and oxygen atoms in total. The van der Waals surface area contributed by atoms with Crippen LogP contribution in [0.5, 0.6) is 0 Å². The number of rotatable bonds is 1. The number of nitrogens with zero attached hydrogens (tertiary/aromatic N) is 3. The molecule has 0 amide bonds. The van der Waals surface area contributed by atoms with Crippen molar-refractivity contribution in [2.45, 2.75) is 0 Å². The Morgan fingerprint density at radius 3 is 2.64 bits per heavy atom. The van der Waals surface area contributed by atoms with Crippen molar-refractivity contribution in [3.63, 3.8) is 0 Å². The number of hydrogen-bond donors (Lipinski definition) is 0. The lowest BCUT2D eigenvalue weighted by molar-refractivity contribution is 0.571. The van der Waals surface area contributed by atoms with Gasteiger partial charge in [-0.05, 0) is 0 Å². The van der Waals surface area contributed by atoms with Crippen molar-refractivity contribution in [1.82, 2.24) is 15.0 Å². The van der Waals surface area contributed by atoms with Gasteiger partial charge in [0.25, 0.3) is 0 Å². The van der Waals surface area contributed by atoms with Crippen molar-refractivity contribution >= 4 is 0 Å². The summed E-state index contributed by atoms with van der Waals surface area (Å²) in [5, 5.41) is 0. The van der Waals surface area contributed by atoms with Crippen LogP contribution in [0.25, 0.3) is 11.3 Å². The van der Waals surface area contributed by atoms with Crippen LogP contribution in [0.3, 0.4) is 0 Å². The fourth-order valence-corrected chi connectivity index (χ4v) is 0.749. The molecule has 0 spiro atoms. The van der Waals surface area contributed by atoms with E-state index in [0.29, 0.717) is 5.76 Å². The van der Waals surface area contributed by atoms with Crippen molar-refractivity contribution in [1.29, 1.82) is 0 Å². The number of aromatic nitrogens is 3. The van der Waals surface area contributed by atoms with Crippen molar-refractivity contribution in [2.24, 2.45) is 0 Å². The average Bonchev–Trinajstić information content (AvgIpc) is 2.58. The lowest BCUT2D eigenvalue weighted by Crippen LogP contribution is -1.79. The van der Waals surface area contributed by atoms with E-state index in [1.807, 2.05) is 0 Å². The predicted octanol–water partition coefficient (Wildman–Crippen LogP) is 0.932. The summed E-state index contributed by atoms with van der Waals surface area (Å²) in [6.45, 7) is 0. The largest absolute Gasteiger partial charge is 0.443 e. The molecule has 4 heteroatoms. The fraction of sp³-hybridized carbons (Fsp3) is 0. The minimum atomic E-state index is 0.666. The Morgan fingerprint density at radius 1 is 1.18 bits per heavy atom. The van der Waals surface area contributed by atoms with Crippen LogP contribution < -0.4 is 0 Å². The maximum atomic E-state index is 5.01. The van der Waals surface area contributed by atoms with Gasteiger partial charge in [0.1, 0.15) is 0 Å². The quantitative estimate of drug-likeness (QED) is 0.600. The maximum Gasteiger partial charge on any atom is 0.197 e. The molecule has 0 atom stereocenters. The van der Waals surface area contributed by atoms with Crippen LogP contribution in [0.15, 0.2) is 29.4 Å². The first-order valence-corrected chi connectivity index (χ1v) is 3.04. The third-order valence-electron chi connectivity index (χ3n) is 1.24. The van der Waals surface area contributed by atoms with Crippen molar-refractivity contribution < 1.29 is 4.42 Å². The van der Waals surface area contributed by atoms with E-state index in [-0.39, 0.29) is 0 Å².